The van der Waals surface area contributed by atoms with Gasteiger partial charge in [0, 0.05) is 18.2 Å². The highest BCUT2D eigenvalue weighted by Crippen LogP contribution is 2.32. The van der Waals surface area contributed by atoms with Gasteiger partial charge in [-0.15, -0.1) is 0 Å². The number of nitrogens with zero attached hydrogens (tertiary/aromatic N) is 1. The molecule has 0 bridgehead atoms. The van der Waals surface area contributed by atoms with Crippen molar-refractivity contribution in [2.24, 2.45) is 0 Å². The average molecular weight is 305 g/mol. The van der Waals surface area contributed by atoms with Crippen LogP contribution in [0.15, 0.2) is 54.6 Å². The van der Waals surface area contributed by atoms with Gasteiger partial charge in [-0.05, 0) is 30.3 Å². The van der Waals surface area contributed by atoms with Crippen LogP contribution in [0.1, 0.15) is 5.69 Å². The van der Waals surface area contributed by atoms with E-state index in [1.807, 2.05) is 48.6 Å². The monoisotopic (exact) mass is 305 g/mol. The maximum absolute atomic E-state index is 9.98. The lowest BCUT2D eigenvalue weighted by Crippen LogP contribution is -2.03. The van der Waals surface area contributed by atoms with Crippen molar-refractivity contribution in [2.75, 3.05) is 11.9 Å². The van der Waals surface area contributed by atoms with Crippen molar-refractivity contribution in [2.45, 2.75) is 0 Å². The molecule has 3 N–H and O–H groups in total. The van der Waals surface area contributed by atoms with E-state index in [1.54, 1.807) is 12.1 Å². The van der Waals surface area contributed by atoms with E-state index in [0.717, 1.165) is 23.6 Å². The molecule has 4 rings (SSSR count). The van der Waals surface area contributed by atoms with E-state index in [0.29, 0.717) is 17.3 Å². The van der Waals surface area contributed by atoms with Gasteiger partial charge in [0.25, 0.3) is 0 Å². The van der Waals surface area contributed by atoms with Crippen molar-refractivity contribution in [3.8, 4) is 28.6 Å². The second-order valence-electron chi connectivity index (χ2n) is 5.26. The number of hydrogen-bond acceptors (Lipinski definition) is 4. The van der Waals surface area contributed by atoms with Crippen LogP contribution >= 0.6 is 0 Å². The Balaban J connectivity index is 1.69. The van der Waals surface area contributed by atoms with Crippen LogP contribution in [0.25, 0.3) is 17.5 Å². The number of aromatic amines is 1. The molecule has 0 aliphatic carbocycles. The fourth-order valence-electron chi connectivity index (χ4n) is 2.51. The normalized spacial score (nSPS) is 12.5. The van der Waals surface area contributed by atoms with E-state index < -0.39 is 0 Å². The summed E-state index contributed by atoms with van der Waals surface area (Å²) in [6.07, 6.45) is 4.02. The SMILES string of the molecule is Oc1cc(Oc2ccccc2)cc(-c2nc3c([nH]2)C=CCN3)c1. The molecule has 0 spiro atoms. The first-order chi connectivity index (χ1) is 11.3. The van der Waals surface area contributed by atoms with Gasteiger partial charge in [-0.25, -0.2) is 4.98 Å². The van der Waals surface area contributed by atoms with Gasteiger partial charge in [0.1, 0.15) is 23.1 Å². The first kappa shape index (κ1) is 13.5. The smallest absolute Gasteiger partial charge is 0.152 e. The lowest BCUT2D eigenvalue weighted by atomic mass is 10.2. The number of hydrogen-bond donors (Lipinski definition) is 3. The Morgan fingerprint density at radius 1 is 1.04 bits per heavy atom. The summed E-state index contributed by atoms with van der Waals surface area (Å²) >= 11 is 0. The summed E-state index contributed by atoms with van der Waals surface area (Å²) in [5.41, 5.74) is 1.70. The van der Waals surface area contributed by atoms with Gasteiger partial charge in [-0.3, -0.25) is 0 Å². The number of nitrogens with one attached hydrogen (secondary N) is 2. The van der Waals surface area contributed by atoms with Gasteiger partial charge in [0.15, 0.2) is 5.82 Å². The van der Waals surface area contributed by atoms with Gasteiger partial charge < -0.3 is 20.1 Å². The second kappa shape index (κ2) is 5.53. The summed E-state index contributed by atoms with van der Waals surface area (Å²) in [4.78, 5) is 7.77. The fourth-order valence-corrected chi connectivity index (χ4v) is 2.51. The Labute approximate surface area is 133 Å². The number of H-pyrrole nitrogens is 1. The number of aromatic hydroxyl groups is 1. The van der Waals surface area contributed by atoms with Crippen LogP contribution in [0, 0.1) is 0 Å². The Morgan fingerprint density at radius 2 is 1.91 bits per heavy atom. The number of fused-ring (bicyclic) bond motifs is 1. The summed E-state index contributed by atoms with van der Waals surface area (Å²) in [6.45, 7) is 0.764. The molecule has 0 unspecified atom stereocenters. The van der Waals surface area contributed by atoms with Crippen LogP contribution in [-0.2, 0) is 0 Å². The van der Waals surface area contributed by atoms with E-state index in [4.69, 9.17) is 4.74 Å². The third-order valence-corrected chi connectivity index (χ3v) is 3.55. The molecular weight excluding hydrogens is 290 g/mol. The number of phenols is 1. The second-order valence-corrected chi connectivity index (χ2v) is 5.26. The molecule has 0 atom stereocenters. The van der Waals surface area contributed by atoms with Crippen LogP contribution in [0.5, 0.6) is 17.2 Å². The maximum Gasteiger partial charge on any atom is 0.152 e. The standard InChI is InChI=1S/C18H15N3O2/c22-13-9-12(17-20-16-7-4-8-19-18(16)21-17)10-15(11-13)23-14-5-2-1-3-6-14/h1-7,9-11,19,22H,8H2,(H,20,21). The van der Waals surface area contributed by atoms with Crippen molar-refractivity contribution in [3.63, 3.8) is 0 Å². The molecule has 1 aromatic heterocycles. The van der Waals surface area contributed by atoms with E-state index in [9.17, 15) is 5.11 Å². The quantitative estimate of drug-likeness (QED) is 0.683. The van der Waals surface area contributed by atoms with Gasteiger partial charge >= 0.3 is 0 Å². The highest BCUT2D eigenvalue weighted by molar-refractivity contribution is 5.70. The van der Waals surface area contributed by atoms with Crippen LogP contribution < -0.4 is 10.1 Å². The Bertz CT molecular complexity index is 869. The molecule has 3 aromatic rings. The molecule has 0 saturated heterocycles. The first-order valence-electron chi connectivity index (χ1n) is 7.36. The number of para-hydroxylation sites is 1. The third-order valence-electron chi connectivity index (χ3n) is 3.55. The summed E-state index contributed by atoms with van der Waals surface area (Å²) in [5.74, 6) is 2.90. The number of anilines is 1. The fraction of sp³-hybridized carbons (Fsp3) is 0.0556. The number of phenolic OH excluding ortho intramolecular Hbond substituents is 1. The van der Waals surface area contributed by atoms with Crippen LogP contribution in [-0.4, -0.2) is 21.6 Å². The maximum atomic E-state index is 9.98. The average Bonchev–Trinajstić information content (AvgIpc) is 2.99. The summed E-state index contributed by atoms with van der Waals surface area (Å²) < 4.78 is 5.79. The Kier molecular flexibility index (Phi) is 3.24. The zero-order valence-corrected chi connectivity index (χ0v) is 12.3. The van der Waals surface area contributed by atoms with E-state index in [2.05, 4.69) is 15.3 Å². The molecule has 23 heavy (non-hydrogen) atoms. The third kappa shape index (κ3) is 2.76. The predicted octanol–water partition coefficient (Wildman–Crippen LogP) is 4.01. The van der Waals surface area contributed by atoms with Crippen LogP contribution in [0.3, 0.4) is 0 Å². The Hall–Kier alpha value is -3.21. The zero-order valence-electron chi connectivity index (χ0n) is 12.3. The van der Waals surface area contributed by atoms with Crippen LogP contribution in [0.2, 0.25) is 0 Å². The highest BCUT2D eigenvalue weighted by Gasteiger charge is 2.13. The zero-order chi connectivity index (χ0) is 15.6. The molecule has 0 radical (unpaired) electrons. The van der Waals surface area contributed by atoms with E-state index in [1.165, 1.54) is 0 Å². The van der Waals surface area contributed by atoms with E-state index >= 15 is 0 Å². The molecule has 0 saturated carbocycles. The van der Waals surface area contributed by atoms with Crippen molar-refractivity contribution in [1.29, 1.82) is 0 Å². The molecular formula is C18H15N3O2. The Morgan fingerprint density at radius 3 is 2.74 bits per heavy atom. The number of imidazole rings is 1. The molecule has 0 amide bonds. The van der Waals surface area contributed by atoms with Gasteiger partial charge in [-0.2, -0.15) is 0 Å². The number of aromatic nitrogens is 2. The minimum Gasteiger partial charge on any atom is -0.508 e. The van der Waals surface area contributed by atoms with Gasteiger partial charge in [0.05, 0.1) is 5.69 Å². The molecule has 114 valence electrons. The van der Waals surface area contributed by atoms with Crippen molar-refractivity contribution >= 4 is 11.9 Å². The van der Waals surface area contributed by atoms with Crippen molar-refractivity contribution in [3.05, 3.63) is 60.3 Å². The molecule has 5 heteroatoms. The molecule has 2 heterocycles. The molecule has 1 aliphatic heterocycles. The summed E-state index contributed by atoms with van der Waals surface area (Å²) in [5, 5.41) is 13.2. The van der Waals surface area contributed by atoms with Crippen molar-refractivity contribution < 1.29 is 9.84 Å². The van der Waals surface area contributed by atoms with Gasteiger partial charge in [-0.1, -0.05) is 24.3 Å². The predicted molar refractivity (Wildman–Crippen MR) is 89.7 cm³/mol. The topological polar surface area (TPSA) is 70.2 Å². The summed E-state index contributed by atoms with van der Waals surface area (Å²) in [7, 11) is 0. The summed E-state index contributed by atoms with van der Waals surface area (Å²) in [6, 6.07) is 14.5. The molecule has 5 nitrogen and oxygen atoms in total. The van der Waals surface area contributed by atoms with Crippen molar-refractivity contribution in [1.82, 2.24) is 9.97 Å². The first-order valence-corrected chi connectivity index (χ1v) is 7.36. The molecule has 2 aromatic carbocycles. The van der Waals surface area contributed by atoms with Gasteiger partial charge in [0.2, 0.25) is 0 Å². The largest absolute Gasteiger partial charge is 0.508 e. The van der Waals surface area contributed by atoms with Crippen LogP contribution in [0.4, 0.5) is 5.82 Å². The number of benzene rings is 2. The minimum atomic E-state index is 0.131. The lowest BCUT2D eigenvalue weighted by Gasteiger charge is -2.07. The number of ether oxygens (including phenoxy) is 1. The number of rotatable bonds is 3. The minimum absolute atomic E-state index is 0.131. The lowest BCUT2D eigenvalue weighted by molar-refractivity contribution is 0.455. The van der Waals surface area contributed by atoms with E-state index in [-0.39, 0.29) is 5.75 Å². The molecule has 0 fully saturated rings. The molecule has 1 aliphatic rings. The highest BCUT2D eigenvalue weighted by atomic mass is 16.5.